The van der Waals surface area contributed by atoms with Crippen LogP contribution in [0.25, 0.3) is 0 Å². The molecule has 2 rings (SSSR count). The Morgan fingerprint density at radius 3 is 2.68 bits per heavy atom. The number of hydrogen-bond acceptors (Lipinski definition) is 2. The molecule has 0 spiro atoms. The maximum Gasteiger partial charge on any atom is 0.230 e. The molecule has 0 aliphatic heterocycles. The summed E-state index contributed by atoms with van der Waals surface area (Å²) in [5.41, 5.74) is 1.97. The lowest BCUT2D eigenvalue weighted by Crippen LogP contribution is -2.34. The fraction of sp³-hybridized carbons (Fsp3) is 0.412. The molecule has 0 radical (unpaired) electrons. The van der Waals surface area contributed by atoms with Gasteiger partial charge in [0.1, 0.15) is 0 Å². The first-order valence-corrected chi connectivity index (χ1v) is 7.73. The van der Waals surface area contributed by atoms with Gasteiger partial charge in [0.15, 0.2) is 0 Å². The Labute approximate surface area is 136 Å². The second-order valence-corrected chi connectivity index (χ2v) is 6.40. The molecular formula is C17H22ClN3O. The van der Waals surface area contributed by atoms with Gasteiger partial charge in [0.25, 0.3) is 0 Å². The normalized spacial score (nSPS) is 12.5. The molecule has 1 atom stereocenters. The fourth-order valence-corrected chi connectivity index (χ4v) is 2.93. The highest BCUT2D eigenvalue weighted by molar-refractivity contribution is 6.30. The monoisotopic (exact) mass is 319 g/mol. The van der Waals surface area contributed by atoms with E-state index in [1.165, 1.54) is 0 Å². The molecule has 0 fully saturated rings. The Hall–Kier alpha value is -1.81. The third kappa shape index (κ3) is 3.69. The summed E-state index contributed by atoms with van der Waals surface area (Å²) in [5, 5.41) is 0.686. The molecule has 1 amide bonds. The summed E-state index contributed by atoms with van der Waals surface area (Å²) >= 11 is 6.01. The van der Waals surface area contributed by atoms with Crippen LogP contribution in [-0.2, 0) is 18.4 Å². The molecule has 0 bridgehead atoms. The van der Waals surface area contributed by atoms with Crippen LogP contribution in [0.2, 0.25) is 5.02 Å². The number of nitrogens with zero attached hydrogens (tertiary/aromatic N) is 3. The molecule has 2 aromatic rings. The predicted molar refractivity (Wildman–Crippen MR) is 88.7 cm³/mol. The summed E-state index contributed by atoms with van der Waals surface area (Å²) in [6.07, 6.45) is 5.34. The number of carbonyl (C=O) groups is 1. The van der Waals surface area contributed by atoms with Crippen LogP contribution in [0.5, 0.6) is 0 Å². The van der Waals surface area contributed by atoms with Crippen molar-refractivity contribution < 1.29 is 4.79 Å². The van der Waals surface area contributed by atoms with E-state index in [4.69, 9.17) is 11.6 Å². The van der Waals surface area contributed by atoms with Crippen LogP contribution in [0, 0.1) is 5.92 Å². The third-order valence-corrected chi connectivity index (χ3v) is 4.03. The van der Waals surface area contributed by atoms with Crippen molar-refractivity contribution >= 4 is 17.5 Å². The number of aromatic nitrogens is 2. The molecule has 5 heteroatoms. The molecule has 0 aromatic carbocycles. The molecule has 1 unspecified atom stereocenters. The number of rotatable bonds is 5. The van der Waals surface area contributed by atoms with Gasteiger partial charge in [0.2, 0.25) is 5.91 Å². The first kappa shape index (κ1) is 16.6. The minimum Gasteiger partial charge on any atom is -0.351 e. The Balaban J connectivity index is 2.18. The van der Waals surface area contributed by atoms with E-state index in [1.807, 2.05) is 43.1 Å². The van der Waals surface area contributed by atoms with Gasteiger partial charge < -0.3 is 9.47 Å². The number of carbonyl (C=O) groups excluding carboxylic acids is 1. The van der Waals surface area contributed by atoms with E-state index >= 15 is 0 Å². The van der Waals surface area contributed by atoms with Crippen LogP contribution >= 0.6 is 11.6 Å². The number of likely N-dealkylation sites (N-methyl/N-ethyl adjacent to an activating group) is 1. The van der Waals surface area contributed by atoms with Gasteiger partial charge in [-0.25, -0.2) is 0 Å². The molecule has 2 heterocycles. The van der Waals surface area contributed by atoms with Crippen LogP contribution in [-0.4, -0.2) is 27.4 Å². The number of halogens is 1. The molecule has 0 aliphatic rings. The van der Waals surface area contributed by atoms with Crippen LogP contribution in [0.15, 0.2) is 36.8 Å². The Morgan fingerprint density at radius 1 is 1.45 bits per heavy atom. The summed E-state index contributed by atoms with van der Waals surface area (Å²) in [6.45, 7) is 4.65. The lowest BCUT2D eigenvalue weighted by atomic mass is 9.88. The van der Waals surface area contributed by atoms with E-state index in [0.717, 1.165) is 11.3 Å². The smallest absolute Gasteiger partial charge is 0.230 e. The predicted octanol–water partition coefficient (Wildman–Crippen LogP) is 3.47. The lowest BCUT2D eigenvalue weighted by molar-refractivity contribution is -0.133. The summed E-state index contributed by atoms with van der Waals surface area (Å²) < 4.78 is 1.95. The highest BCUT2D eigenvalue weighted by Crippen LogP contribution is 2.26. The van der Waals surface area contributed by atoms with Crippen molar-refractivity contribution in [2.45, 2.75) is 26.3 Å². The Kier molecular flexibility index (Phi) is 5.24. The Morgan fingerprint density at radius 2 is 2.18 bits per heavy atom. The average molecular weight is 320 g/mol. The zero-order chi connectivity index (χ0) is 16.3. The minimum absolute atomic E-state index is 0.0975. The molecule has 22 heavy (non-hydrogen) atoms. The average Bonchev–Trinajstić information content (AvgIpc) is 2.77. The first-order valence-electron chi connectivity index (χ1n) is 7.35. The quantitative estimate of drug-likeness (QED) is 0.846. The van der Waals surface area contributed by atoms with Gasteiger partial charge in [0, 0.05) is 38.4 Å². The van der Waals surface area contributed by atoms with Gasteiger partial charge in [0.05, 0.1) is 17.5 Å². The summed E-state index contributed by atoms with van der Waals surface area (Å²) in [7, 11) is 3.76. The first-order chi connectivity index (χ1) is 10.4. The zero-order valence-corrected chi connectivity index (χ0v) is 14.2. The van der Waals surface area contributed by atoms with Crippen molar-refractivity contribution in [2.75, 3.05) is 7.05 Å². The molecule has 0 saturated heterocycles. The van der Waals surface area contributed by atoms with Crippen molar-refractivity contribution in [3.8, 4) is 0 Å². The van der Waals surface area contributed by atoms with Gasteiger partial charge in [-0.15, -0.1) is 0 Å². The van der Waals surface area contributed by atoms with E-state index in [-0.39, 0.29) is 17.7 Å². The maximum atomic E-state index is 12.9. The van der Waals surface area contributed by atoms with E-state index in [9.17, 15) is 4.79 Å². The maximum absolute atomic E-state index is 12.9. The molecular weight excluding hydrogens is 298 g/mol. The largest absolute Gasteiger partial charge is 0.351 e. The number of amides is 1. The molecule has 0 N–H and O–H groups in total. The molecule has 0 saturated carbocycles. The van der Waals surface area contributed by atoms with Crippen LogP contribution in [0.1, 0.15) is 31.0 Å². The van der Waals surface area contributed by atoms with Gasteiger partial charge in [-0.05, 0) is 23.6 Å². The summed E-state index contributed by atoms with van der Waals surface area (Å²) in [5.74, 6) is 0.117. The van der Waals surface area contributed by atoms with E-state index in [1.54, 1.807) is 17.3 Å². The van der Waals surface area contributed by atoms with Gasteiger partial charge >= 0.3 is 0 Å². The molecule has 118 valence electrons. The second kappa shape index (κ2) is 6.97. The van der Waals surface area contributed by atoms with Crippen molar-refractivity contribution in [1.82, 2.24) is 14.5 Å². The van der Waals surface area contributed by atoms with Crippen molar-refractivity contribution in [3.63, 3.8) is 0 Å². The van der Waals surface area contributed by atoms with Crippen molar-refractivity contribution in [2.24, 2.45) is 13.0 Å². The van der Waals surface area contributed by atoms with Crippen LogP contribution < -0.4 is 0 Å². The van der Waals surface area contributed by atoms with Gasteiger partial charge in [-0.1, -0.05) is 31.5 Å². The van der Waals surface area contributed by atoms with E-state index < -0.39 is 0 Å². The SMILES string of the molecule is CC(C)C(C(=O)N(C)Cc1cc(Cl)cn1C)c1cccnc1. The lowest BCUT2D eigenvalue weighted by Gasteiger charge is -2.26. The second-order valence-electron chi connectivity index (χ2n) is 5.96. The minimum atomic E-state index is -0.186. The number of hydrogen-bond donors (Lipinski definition) is 0. The van der Waals surface area contributed by atoms with Crippen LogP contribution in [0.4, 0.5) is 0 Å². The van der Waals surface area contributed by atoms with E-state index in [0.29, 0.717) is 11.6 Å². The molecule has 2 aromatic heterocycles. The number of aryl methyl sites for hydroxylation is 1. The third-order valence-electron chi connectivity index (χ3n) is 3.83. The fourth-order valence-electron chi connectivity index (χ4n) is 2.65. The standard InChI is InChI=1S/C17H22ClN3O/c1-12(2)16(13-6-5-7-19-9-13)17(22)21(4)11-15-8-14(18)10-20(15)3/h5-10,12,16H,11H2,1-4H3. The topological polar surface area (TPSA) is 38.1 Å². The zero-order valence-electron chi connectivity index (χ0n) is 13.5. The van der Waals surface area contributed by atoms with Gasteiger partial charge in [-0.2, -0.15) is 0 Å². The van der Waals surface area contributed by atoms with Crippen LogP contribution in [0.3, 0.4) is 0 Å². The van der Waals surface area contributed by atoms with Gasteiger partial charge in [-0.3, -0.25) is 9.78 Å². The Bertz CT molecular complexity index is 637. The highest BCUT2D eigenvalue weighted by atomic mass is 35.5. The van der Waals surface area contributed by atoms with Crippen molar-refractivity contribution in [1.29, 1.82) is 0 Å². The summed E-state index contributed by atoms with van der Waals surface area (Å²) in [6, 6.07) is 5.72. The van der Waals surface area contributed by atoms with E-state index in [2.05, 4.69) is 18.8 Å². The number of pyridine rings is 1. The summed E-state index contributed by atoms with van der Waals surface area (Å²) in [4.78, 5) is 18.8. The molecule has 0 aliphatic carbocycles. The molecule has 4 nitrogen and oxygen atoms in total. The highest BCUT2D eigenvalue weighted by Gasteiger charge is 2.27. The van der Waals surface area contributed by atoms with Crippen molar-refractivity contribution in [3.05, 3.63) is 53.1 Å².